The summed E-state index contributed by atoms with van der Waals surface area (Å²) < 4.78 is 80.0. The number of nitrogens with one attached hydrogen (secondary N) is 1. The zero-order valence-corrected chi connectivity index (χ0v) is 27.6. The van der Waals surface area contributed by atoms with Crippen LogP contribution >= 0.6 is 0 Å². The molecule has 2 heterocycles. The fourth-order valence-electron chi connectivity index (χ4n) is 5.90. The van der Waals surface area contributed by atoms with Crippen LogP contribution < -0.4 is 5.32 Å². The number of nitrogens with zero attached hydrogens (tertiary/aromatic N) is 2. The van der Waals surface area contributed by atoms with Crippen LogP contribution in [-0.4, -0.2) is 27.0 Å². The maximum absolute atomic E-state index is 13.5. The number of halogens is 6. The number of alkyl halides is 6. The van der Waals surface area contributed by atoms with Crippen LogP contribution in [0.5, 0.6) is 0 Å². The molecule has 0 saturated carbocycles. The molecular weight excluding hydrogens is 696 g/mol. The van der Waals surface area contributed by atoms with E-state index in [0.29, 0.717) is 22.4 Å². The lowest BCUT2D eigenvalue weighted by molar-refractivity contribution is -0.137. The lowest BCUT2D eigenvalue weighted by Gasteiger charge is -2.16. The number of hydrogen-bond donors (Lipinski definition) is 2. The maximum Gasteiger partial charge on any atom is 0.418 e. The van der Waals surface area contributed by atoms with E-state index >= 15 is 0 Å². The van der Waals surface area contributed by atoms with Gasteiger partial charge < -0.3 is 10.4 Å². The molecule has 53 heavy (non-hydrogen) atoms. The molecule has 2 N–H and O–H groups in total. The average molecular weight is 724 g/mol. The second-order valence-electron chi connectivity index (χ2n) is 11.9. The van der Waals surface area contributed by atoms with Crippen LogP contribution in [0.2, 0.25) is 0 Å². The molecule has 7 aromatic rings. The predicted octanol–water partition coefficient (Wildman–Crippen LogP) is 11.1. The van der Waals surface area contributed by atoms with Gasteiger partial charge in [-0.2, -0.15) is 26.3 Å². The summed E-state index contributed by atoms with van der Waals surface area (Å²) in [4.78, 5) is 32.3. The van der Waals surface area contributed by atoms with Crippen molar-refractivity contribution in [2.45, 2.75) is 19.3 Å². The van der Waals surface area contributed by atoms with Crippen molar-refractivity contribution in [2.24, 2.45) is 0 Å². The van der Waals surface area contributed by atoms with Gasteiger partial charge in [0, 0.05) is 40.0 Å². The SMILES string of the molecule is Cc1ccc(NC(=O)c2cnc3c(C(F)(F)F)cccc3c2-c2ccccc2)cc1.O=C(O)c1cnc2c(C(F)(F)F)cccc2c1-c1ccccc1. The molecular formula is C41H27F6N3O3. The minimum atomic E-state index is -4.56. The number of carbonyl (C=O) groups is 2. The summed E-state index contributed by atoms with van der Waals surface area (Å²) in [5.74, 6) is -1.68. The van der Waals surface area contributed by atoms with Crippen molar-refractivity contribution >= 4 is 39.4 Å². The van der Waals surface area contributed by atoms with Gasteiger partial charge in [-0.15, -0.1) is 0 Å². The first-order valence-electron chi connectivity index (χ1n) is 15.9. The van der Waals surface area contributed by atoms with Crippen LogP contribution in [0.3, 0.4) is 0 Å². The van der Waals surface area contributed by atoms with E-state index in [0.717, 1.165) is 23.9 Å². The summed E-state index contributed by atoms with van der Waals surface area (Å²) in [5.41, 5.74) is 1.35. The normalized spacial score (nSPS) is 11.5. The second kappa shape index (κ2) is 14.6. The summed E-state index contributed by atoms with van der Waals surface area (Å²) in [5, 5.41) is 12.6. The molecule has 0 atom stereocenters. The highest BCUT2D eigenvalue weighted by Crippen LogP contribution is 2.40. The summed E-state index contributed by atoms with van der Waals surface area (Å²) >= 11 is 0. The molecule has 0 radical (unpaired) electrons. The van der Waals surface area contributed by atoms with Gasteiger partial charge in [0.25, 0.3) is 5.91 Å². The minimum absolute atomic E-state index is 0.136. The van der Waals surface area contributed by atoms with Gasteiger partial charge in [-0.25, -0.2) is 4.79 Å². The number of carbonyl (C=O) groups excluding carboxylic acids is 1. The van der Waals surface area contributed by atoms with Crippen molar-refractivity contribution in [1.82, 2.24) is 9.97 Å². The Bertz CT molecular complexity index is 2450. The maximum atomic E-state index is 13.5. The zero-order valence-electron chi connectivity index (χ0n) is 27.6. The molecule has 0 aliphatic rings. The molecule has 266 valence electrons. The number of benzene rings is 5. The Kier molecular flexibility index (Phi) is 9.97. The molecule has 1 amide bonds. The molecule has 0 saturated heterocycles. The van der Waals surface area contributed by atoms with Gasteiger partial charge in [-0.1, -0.05) is 103 Å². The van der Waals surface area contributed by atoms with Crippen LogP contribution in [0, 0.1) is 6.92 Å². The Morgan fingerprint density at radius 2 is 1.00 bits per heavy atom. The highest BCUT2D eigenvalue weighted by Gasteiger charge is 2.35. The largest absolute Gasteiger partial charge is 0.478 e. The van der Waals surface area contributed by atoms with Crippen molar-refractivity contribution in [3.05, 3.63) is 162 Å². The summed E-state index contributed by atoms with van der Waals surface area (Å²) in [6, 6.07) is 32.1. The van der Waals surface area contributed by atoms with Gasteiger partial charge in [0.2, 0.25) is 0 Å². The van der Waals surface area contributed by atoms with E-state index in [4.69, 9.17) is 0 Å². The number of hydrogen-bond acceptors (Lipinski definition) is 4. The monoisotopic (exact) mass is 723 g/mol. The number of fused-ring (bicyclic) bond motifs is 2. The number of rotatable bonds is 5. The Morgan fingerprint density at radius 1 is 0.566 bits per heavy atom. The smallest absolute Gasteiger partial charge is 0.418 e. The average Bonchev–Trinajstić information content (AvgIpc) is 3.14. The Balaban J connectivity index is 0.000000188. The van der Waals surface area contributed by atoms with Crippen LogP contribution in [-0.2, 0) is 12.4 Å². The molecule has 0 unspecified atom stereocenters. The molecule has 0 aliphatic heterocycles. The molecule has 0 spiro atoms. The third-order valence-electron chi connectivity index (χ3n) is 8.32. The number of pyridine rings is 2. The highest BCUT2D eigenvalue weighted by molar-refractivity contribution is 6.14. The number of aromatic carboxylic acids is 1. The van der Waals surface area contributed by atoms with Crippen LogP contribution in [0.15, 0.2) is 134 Å². The summed E-state index contributed by atoms with van der Waals surface area (Å²) in [6.45, 7) is 1.94. The van der Waals surface area contributed by atoms with E-state index in [1.807, 2.05) is 19.1 Å². The number of carboxylic acid groups (broad SMARTS) is 1. The molecule has 7 rings (SSSR count). The fraction of sp³-hybridized carbons (Fsp3) is 0.0732. The van der Waals surface area contributed by atoms with Crippen LogP contribution in [0.1, 0.15) is 37.4 Å². The standard InChI is InChI=1S/C24H17F3N2O.C17H10F3NO2/c1-15-10-12-17(13-11-15)29-23(30)19-14-28-22-18(8-5-9-20(22)24(25,26)27)21(19)16-6-3-2-4-7-16;18-17(19,20)13-8-4-7-11-14(10-5-2-1-3-6-10)12(16(22)23)9-21-15(11)13/h2-14H,1H3,(H,29,30);1-9H,(H,22,23). The Hall–Kier alpha value is -6.56. The van der Waals surface area contributed by atoms with Crippen LogP contribution in [0.4, 0.5) is 32.0 Å². The topological polar surface area (TPSA) is 92.2 Å². The highest BCUT2D eigenvalue weighted by atomic mass is 19.4. The molecule has 5 aromatic carbocycles. The number of amides is 1. The number of anilines is 1. The molecule has 6 nitrogen and oxygen atoms in total. The Labute approximate surface area is 298 Å². The number of aryl methyl sites for hydroxylation is 1. The van der Waals surface area contributed by atoms with Crippen molar-refractivity contribution in [3.8, 4) is 22.3 Å². The van der Waals surface area contributed by atoms with Gasteiger partial charge in [0.05, 0.1) is 33.3 Å². The van der Waals surface area contributed by atoms with E-state index in [2.05, 4.69) is 15.3 Å². The molecule has 2 aromatic heterocycles. The van der Waals surface area contributed by atoms with E-state index in [9.17, 15) is 41.0 Å². The lowest BCUT2D eigenvalue weighted by Crippen LogP contribution is -2.15. The minimum Gasteiger partial charge on any atom is -0.478 e. The first-order chi connectivity index (χ1) is 25.2. The number of aromatic nitrogens is 2. The van der Waals surface area contributed by atoms with Gasteiger partial charge in [-0.3, -0.25) is 14.8 Å². The molecule has 12 heteroatoms. The van der Waals surface area contributed by atoms with Crippen molar-refractivity contribution in [3.63, 3.8) is 0 Å². The quantitative estimate of drug-likeness (QED) is 0.173. The Morgan fingerprint density at radius 3 is 1.43 bits per heavy atom. The summed E-state index contributed by atoms with van der Waals surface area (Å²) in [6.07, 6.45) is -6.93. The zero-order chi connectivity index (χ0) is 37.9. The van der Waals surface area contributed by atoms with Crippen molar-refractivity contribution in [2.75, 3.05) is 5.32 Å². The number of carboxylic acids is 1. The van der Waals surface area contributed by atoms with Crippen LogP contribution in [0.25, 0.3) is 44.1 Å². The third kappa shape index (κ3) is 7.71. The molecule has 0 bridgehead atoms. The van der Waals surface area contributed by atoms with Crippen molar-refractivity contribution in [1.29, 1.82) is 0 Å². The first-order valence-corrected chi connectivity index (χ1v) is 15.9. The van der Waals surface area contributed by atoms with Gasteiger partial charge in [0.1, 0.15) is 0 Å². The fourth-order valence-corrected chi connectivity index (χ4v) is 5.90. The van der Waals surface area contributed by atoms with E-state index in [1.165, 1.54) is 24.4 Å². The van der Waals surface area contributed by atoms with Gasteiger partial charge in [-0.05, 0) is 42.3 Å². The van der Waals surface area contributed by atoms with E-state index in [-0.39, 0.29) is 38.5 Å². The predicted molar refractivity (Wildman–Crippen MR) is 190 cm³/mol. The van der Waals surface area contributed by atoms with Crippen molar-refractivity contribution < 1.29 is 41.0 Å². The second-order valence-corrected chi connectivity index (χ2v) is 11.9. The number of para-hydroxylation sites is 2. The first kappa shape index (κ1) is 36.2. The molecule has 0 fully saturated rings. The van der Waals surface area contributed by atoms with Gasteiger partial charge >= 0.3 is 18.3 Å². The van der Waals surface area contributed by atoms with E-state index in [1.54, 1.807) is 78.9 Å². The third-order valence-corrected chi connectivity index (χ3v) is 8.32. The lowest BCUT2D eigenvalue weighted by atomic mass is 9.94. The summed E-state index contributed by atoms with van der Waals surface area (Å²) in [7, 11) is 0. The van der Waals surface area contributed by atoms with E-state index < -0.39 is 35.4 Å². The molecule has 0 aliphatic carbocycles. The van der Waals surface area contributed by atoms with Gasteiger partial charge in [0.15, 0.2) is 0 Å².